The zero-order valence-corrected chi connectivity index (χ0v) is 24.0. The van der Waals surface area contributed by atoms with Crippen molar-refractivity contribution in [1.82, 2.24) is 0 Å². The standard InChI is InChI=1S/C30H46O7S/c1-3-5-7-9-11-13-15-17-19-23-36-29(31)27-22-21-26(38(33,34)35)25-28(27)30(32)37-24-20-18-16-14-12-10-8-6-4-2/h19-25H,3-18H2,1-2H3,(H,33,34,35)/b23-19+,24-20+. The Bertz CT molecular complexity index is 980. The van der Waals surface area contributed by atoms with Crippen LogP contribution in [0.1, 0.15) is 137 Å². The van der Waals surface area contributed by atoms with Crippen molar-refractivity contribution < 1.29 is 32.0 Å². The third kappa shape index (κ3) is 15.1. The Morgan fingerprint density at radius 3 is 1.55 bits per heavy atom. The highest BCUT2D eigenvalue weighted by molar-refractivity contribution is 7.85. The lowest BCUT2D eigenvalue weighted by Gasteiger charge is -2.08. The smallest absolute Gasteiger partial charge is 0.343 e. The number of unbranched alkanes of at least 4 members (excludes halogenated alkanes) is 14. The molecule has 0 saturated carbocycles. The van der Waals surface area contributed by atoms with Crippen molar-refractivity contribution in [3.05, 3.63) is 54.0 Å². The average Bonchev–Trinajstić information content (AvgIpc) is 2.89. The predicted molar refractivity (Wildman–Crippen MR) is 151 cm³/mol. The minimum atomic E-state index is -4.57. The van der Waals surface area contributed by atoms with Crippen molar-refractivity contribution in [2.45, 2.75) is 121 Å². The number of rotatable bonds is 21. The van der Waals surface area contributed by atoms with Gasteiger partial charge in [0.05, 0.1) is 28.5 Å². The van der Waals surface area contributed by atoms with Crippen molar-refractivity contribution >= 4 is 22.1 Å². The van der Waals surface area contributed by atoms with E-state index in [2.05, 4.69) is 13.8 Å². The topological polar surface area (TPSA) is 107 Å². The molecule has 0 heterocycles. The van der Waals surface area contributed by atoms with E-state index in [1.165, 1.54) is 76.7 Å². The van der Waals surface area contributed by atoms with Crippen LogP contribution in [0, 0.1) is 0 Å². The van der Waals surface area contributed by atoms with E-state index in [1.54, 1.807) is 12.2 Å². The molecule has 0 amide bonds. The van der Waals surface area contributed by atoms with Crippen LogP contribution in [0.5, 0.6) is 0 Å². The highest BCUT2D eigenvalue weighted by atomic mass is 32.2. The van der Waals surface area contributed by atoms with E-state index in [4.69, 9.17) is 9.47 Å². The summed E-state index contributed by atoms with van der Waals surface area (Å²) in [5, 5.41) is 0. The number of hydrogen-bond donors (Lipinski definition) is 1. The molecule has 38 heavy (non-hydrogen) atoms. The lowest BCUT2D eigenvalue weighted by atomic mass is 10.1. The minimum Gasteiger partial charge on any atom is -0.431 e. The molecule has 0 fully saturated rings. The van der Waals surface area contributed by atoms with Gasteiger partial charge in [-0.15, -0.1) is 0 Å². The molecule has 0 aliphatic carbocycles. The molecule has 0 saturated heterocycles. The average molecular weight is 551 g/mol. The molecular weight excluding hydrogens is 504 g/mol. The van der Waals surface area contributed by atoms with E-state index >= 15 is 0 Å². The third-order valence-corrected chi connectivity index (χ3v) is 7.07. The monoisotopic (exact) mass is 550 g/mol. The summed E-state index contributed by atoms with van der Waals surface area (Å²) in [5.74, 6) is -1.73. The van der Waals surface area contributed by atoms with Crippen molar-refractivity contribution in [2.24, 2.45) is 0 Å². The Morgan fingerprint density at radius 2 is 1.11 bits per heavy atom. The quantitative estimate of drug-likeness (QED) is 0.0707. The Labute approximate surface area is 229 Å². The summed E-state index contributed by atoms with van der Waals surface area (Å²) in [7, 11) is -4.57. The molecule has 1 rings (SSSR count). The van der Waals surface area contributed by atoms with Crippen LogP contribution in [-0.4, -0.2) is 24.9 Å². The lowest BCUT2D eigenvalue weighted by Crippen LogP contribution is -2.13. The van der Waals surface area contributed by atoms with E-state index in [0.29, 0.717) is 0 Å². The van der Waals surface area contributed by atoms with Gasteiger partial charge in [0.15, 0.2) is 0 Å². The number of carbonyl (C=O) groups excluding carboxylic acids is 2. The molecule has 0 aliphatic heterocycles. The Morgan fingerprint density at radius 1 is 0.684 bits per heavy atom. The van der Waals surface area contributed by atoms with Crippen molar-refractivity contribution in [2.75, 3.05) is 0 Å². The van der Waals surface area contributed by atoms with E-state index in [9.17, 15) is 22.6 Å². The maximum atomic E-state index is 12.7. The first-order chi connectivity index (χ1) is 18.3. The van der Waals surface area contributed by atoms with Gasteiger partial charge in [-0.3, -0.25) is 4.55 Å². The summed E-state index contributed by atoms with van der Waals surface area (Å²) in [4.78, 5) is 24.7. The zero-order valence-electron chi connectivity index (χ0n) is 23.2. The number of hydrogen-bond acceptors (Lipinski definition) is 6. The van der Waals surface area contributed by atoms with Gasteiger partial charge in [0.25, 0.3) is 10.1 Å². The molecule has 214 valence electrons. The van der Waals surface area contributed by atoms with Crippen molar-refractivity contribution in [3.8, 4) is 0 Å². The second-order valence-corrected chi connectivity index (χ2v) is 11.0. The maximum absolute atomic E-state index is 12.7. The summed E-state index contributed by atoms with van der Waals surface area (Å²) < 4.78 is 42.8. The number of esters is 2. The SMILES string of the molecule is CCCCCCCCC/C=C/OC(=O)c1ccc(S(=O)(=O)O)cc1C(=O)O/C=C/CCCCCCCCC. The summed E-state index contributed by atoms with van der Waals surface area (Å²) in [6, 6.07) is 3.09. The Hall–Kier alpha value is -2.45. The second-order valence-electron chi connectivity index (χ2n) is 9.56. The van der Waals surface area contributed by atoms with Gasteiger partial charge in [-0.1, -0.05) is 90.9 Å². The van der Waals surface area contributed by atoms with Gasteiger partial charge in [-0.2, -0.15) is 8.42 Å². The van der Waals surface area contributed by atoms with Gasteiger partial charge in [-0.25, -0.2) is 9.59 Å². The third-order valence-electron chi connectivity index (χ3n) is 6.22. The molecule has 1 N–H and O–H groups in total. The molecular formula is C30H46O7S. The molecule has 0 aromatic heterocycles. The summed E-state index contributed by atoms with van der Waals surface area (Å²) in [6.45, 7) is 4.38. The number of allylic oxidation sites excluding steroid dienone is 2. The molecule has 8 heteroatoms. The summed E-state index contributed by atoms with van der Waals surface area (Å²) in [6.07, 6.45) is 24.0. The molecule has 1 aromatic carbocycles. The van der Waals surface area contributed by atoms with Gasteiger partial charge in [-0.05, 0) is 56.0 Å². The van der Waals surface area contributed by atoms with Crippen LogP contribution >= 0.6 is 0 Å². The van der Waals surface area contributed by atoms with Crippen LogP contribution in [0.15, 0.2) is 47.8 Å². The van der Waals surface area contributed by atoms with E-state index in [1.807, 2.05) is 0 Å². The second kappa shape index (κ2) is 20.5. The van der Waals surface area contributed by atoms with E-state index in [0.717, 1.165) is 56.7 Å². The first-order valence-corrected chi connectivity index (χ1v) is 15.6. The normalized spacial score (nSPS) is 11.9. The van der Waals surface area contributed by atoms with Crippen LogP contribution < -0.4 is 0 Å². The van der Waals surface area contributed by atoms with E-state index < -0.39 is 27.0 Å². The van der Waals surface area contributed by atoms with Crippen molar-refractivity contribution in [3.63, 3.8) is 0 Å². The van der Waals surface area contributed by atoms with Crippen LogP contribution in [0.4, 0.5) is 0 Å². The number of ether oxygens (including phenoxy) is 2. The molecule has 0 aliphatic rings. The minimum absolute atomic E-state index is 0.150. The fourth-order valence-corrected chi connectivity index (χ4v) is 4.46. The molecule has 0 bridgehead atoms. The Kier molecular flexibility index (Phi) is 18.1. The maximum Gasteiger partial charge on any atom is 0.343 e. The fraction of sp³-hybridized carbons (Fsp3) is 0.600. The number of carbonyl (C=O) groups is 2. The lowest BCUT2D eigenvalue weighted by molar-refractivity contribution is 0.0617. The van der Waals surface area contributed by atoms with Crippen molar-refractivity contribution in [1.29, 1.82) is 0 Å². The van der Waals surface area contributed by atoms with Crippen LogP contribution in [-0.2, 0) is 19.6 Å². The van der Waals surface area contributed by atoms with Gasteiger partial charge in [0.1, 0.15) is 0 Å². The van der Waals surface area contributed by atoms with Crippen LogP contribution in [0.2, 0.25) is 0 Å². The molecule has 0 radical (unpaired) electrons. The zero-order chi connectivity index (χ0) is 28.1. The first kappa shape index (κ1) is 33.6. The molecule has 0 atom stereocenters. The number of benzene rings is 1. The van der Waals surface area contributed by atoms with Crippen LogP contribution in [0.3, 0.4) is 0 Å². The molecule has 0 unspecified atom stereocenters. The van der Waals surface area contributed by atoms with Gasteiger partial charge >= 0.3 is 11.9 Å². The van der Waals surface area contributed by atoms with Crippen LogP contribution in [0.25, 0.3) is 0 Å². The highest BCUT2D eigenvalue weighted by Crippen LogP contribution is 2.19. The van der Waals surface area contributed by atoms with E-state index in [-0.39, 0.29) is 11.1 Å². The summed E-state index contributed by atoms with van der Waals surface area (Å²) in [5.41, 5.74) is -0.449. The molecule has 1 aromatic rings. The van der Waals surface area contributed by atoms with Gasteiger partial charge in [0, 0.05) is 0 Å². The van der Waals surface area contributed by atoms with Gasteiger partial charge in [0.2, 0.25) is 0 Å². The predicted octanol–water partition coefficient (Wildman–Crippen LogP) is 8.56. The van der Waals surface area contributed by atoms with Gasteiger partial charge < -0.3 is 9.47 Å². The first-order valence-electron chi connectivity index (χ1n) is 14.1. The highest BCUT2D eigenvalue weighted by Gasteiger charge is 2.22. The Balaban J connectivity index is 2.62. The fourth-order valence-electron chi connectivity index (χ4n) is 3.95. The largest absolute Gasteiger partial charge is 0.431 e. The summed E-state index contributed by atoms with van der Waals surface area (Å²) >= 11 is 0. The molecule has 0 spiro atoms. The molecule has 7 nitrogen and oxygen atoms in total.